The summed E-state index contributed by atoms with van der Waals surface area (Å²) in [7, 11) is -2.31. The molecule has 0 aliphatic heterocycles. The highest BCUT2D eigenvalue weighted by Crippen LogP contribution is 2.19. The Morgan fingerprint density at radius 3 is 2.59 bits per heavy atom. The number of primary sulfonamides is 1. The van der Waals surface area contributed by atoms with Crippen LogP contribution in [0.4, 0.5) is 0 Å². The Morgan fingerprint density at radius 2 is 2.12 bits per heavy atom. The number of hydrogen-bond acceptors (Lipinski definition) is 5. The first-order chi connectivity index (χ1) is 7.91. The summed E-state index contributed by atoms with van der Waals surface area (Å²) in [6, 6.07) is 0. The van der Waals surface area contributed by atoms with E-state index in [9.17, 15) is 8.42 Å². The van der Waals surface area contributed by atoms with Crippen molar-refractivity contribution in [1.29, 1.82) is 0 Å². The molecule has 1 heterocycles. The highest BCUT2D eigenvalue weighted by atomic mass is 32.2. The van der Waals surface area contributed by atoms with Crippen LogP contribution in [0.1, 0.15) is 32.0 Å². The summed E-state index contributed by atoms with van der Waals surface area (Å²) in [6.45, 7) is 4.70. The van der Waals surface area contributed by atoms with Crippen molar-refractivity contribution in [2.24, 2.45) is 5.14 Å². The fraction of sp³-hybridized carbons (Fsp3) is 0.778. The molecule has 0 spiro atoms. The molecule has 0 bridgehead atoms. The van der Waals surface area contributed by atoms with E-state index in [1.54, 1.807) is 7.11 Å². The molecule has 17 heavy (non-hydrogen) atoms. The molecule has 0 saturated carbocycles. The van der Waals surface area contributed by atoms with Crippen LogP contribution in [-0.2, 0) is 21.3 Å². The van der Waals surface area contributed by atoms with Gasteiger partial charge in [0.25, 0.3) is 15.2 Å². The summed E-state index contributed by atoms with van der Waals surface area (Å²) in [6.07, 6.45) is 0.843. The average Bonchev–Trinajstić information content (AvgIpc) is 2.68. The van der Waals surface area contributed by atoms with Crippen molar-refractivity contribution in [3.63, 3.8) is 0 Å². The molecule has 1 atom stereocenters. The van der Waals surface area contributed by atoms with Crippen molar-refractivity contribution in [3.8, 4) is 0 Å². The van der Waals surface area contributed by atoms with Crippen LogP contribution < -0.4 is 5.14 Å². The zero-order valence-electron chi connectivity index (χ0n) is 10.3. The van der Waals surface area contributed by atoms with Gasteiger partial charge in [-0.05, 0) is 6.42 Å². The van der Waals surface area contributed by atoms with Gasteiger partial charge in [0, 0.05) is 19.6 Å². The van der Waals surface area contributed by atoms with E-state index in [1.165, 1.54) is 4.57 Å². The number of ether oxygens (including phenoxy) is 1. The Labute approximate surface area is 101 Å². The number of methoxy groups -OCH3 is 1. The van der Waals surface area contributed by atoms with Crippen molar-refractivity contribution in [2.75, 3.05) is 13.7 Å². The highest BCUT2D eigenvalue weighted by Gasteiger charge is 2.23. The van der Waals surface area contributed by atoms with Crippen LogP contribution in [-0.4, -0.2) is 36.9 Å². The highest BCUT2D eigenvalue weighted by molar-refractivity contribution is 7.89. The first-order valence-corrected chi connectivity index (χ1v) is 6.91. The first-order valence-electron chi connectivity index (χ1n) is 5.36. The number of rotatable bonds is 6. The molecule has 0 radical (unpaired) electrons. The van der Waals surface area contributed by atoms with Crippen molar-refractivity contribution in [3.05, 3.63) is 5.82 Å². The molecule has 7 nitrogen and oxygen atoms in total. The lowest BCUT2D eigenvalue weighted by molar-refractivity contribution is 0.183. The second-order valence-electron chi connectivity index (χ2n) is 3.84. The fourth-order valence-corrected chi connectivity index (χ4v) is 2.10. The van der Waals surface area contributed by atoms with E-state index in [4.69, 9.17) is 9.88 Å². The van der Waals surface area contributed by atoms with Crippen LogP contribution in [0.25, 0.3) is 0 Å². The summed E-state index contributed by atoms with van der Waals surface area (Å²) >= 11 is 0. The van der Waals surface area contributed by atoms with Gasteiger partial charge in [-0.25, -0.2) is 13.6 Å². The minimum absolute atomic E-state index is 0.120. The number of nitrogens with zero attached hydrogens (tertiary/aromatic N) is 3. The number of aromatic nitrogens is 3. The lowest BCUT2D eigenvalue weighted by Gasteiger charge is -2.12. The van der Waals surface area contributed by atoms with Gasteiger partial charge in [-0.15, -0.1) is 10.2 Å². The van der Waals surface area contributed by atoms with E-state index in [0.29, 0.717) is 19.0 Å². The third-order valence-corrected chi connectivity index (χ3v) is 3.38. The lowest BCUT2D eigenvalue weighted by Crippen LogP contribution is -2.21. The summed E-state index contributed by atoms with van der Waals surface area (Å²) in [5, 5.41) is 12.4. The van der Waals surface area contributed by atoms with E-state index in [1.807, 2.05) is 13.8 Å². The quantitative estimate of drug-likeness (QED) is 0.782. The minimum atomic E-state index is -3.85. The average molecular weight is 262 g/mol. The van der Waals surface area contributed by atoms with Gasteiger partial charge in [0.05, 0.1) is 6.61 Å². The molecular weight excluding hydrogens is 244 g/mol. The van der Waals surface area contributed by atoms with Crippen molar-refractivity contribution >= 4 is 10.0 Å². The van der Waals surface area contributed by atoms with E-state index in [-0.39, 0.29) is 11.1 Å². The Balaban J connectivity index is 3.20. The predicted octanol–water partition coefficient (Wildman–Crippen LogP) is 0.0854. The SMILES string of the molecule is CCC(C)c1nnc(S(N)(=O)=O)n1CCOC. The van der Waals surface area contributed by atoms with Crippen LogP contribution in [0.5, 0.6) is 0 Å². The third-order valence-electron chi connectivity index (χ3n) is 2.57. The van der Waals surface area contributed by atoms with Gasteiger partial charge in [0.1, 0.15) is 5.82 Å². The van der Waals surface area contributed by atoms with Gasteiger partial charge in [-0.1, -0.05) is 13.8 Å². The zero-order chi connectivity index (χ0) is 13.1. The molecule has 1 aromatic heterocycles. The van der Waals surface area contributed by atoms with Gasteiger partial charge in [0.2, 0.25) is 0 Å². The second-order valence-corrected chi connectivity index (χ2v) is 5.29. The molecule has 0 aromatic carbocycles. The predicted molar refractivity (Wildman–Crippen MR) is 62.0 cm³/mol. The first kappa shape index (κ1) is 14.1. The standard InChI is InChI=1S/C9H18N4O3S/c1-4-7(2)8-11-12-9(17(10,14)15)13(8)5-6-16-3/h7H,4-6H2,1-3H3,(H2,10,14,15). The zero-order valence-corrected chi connectivity index (χ0v) is 11.1. The number of hydrogen-bond donors (Lipinski definition) is 1. The van der Waals surface area contributed by atoms with E-state index >= 15 is 0 Å². The molecular formula is C9H18N4O3S. The van der Waals surface area contributed by atoms with E-state index < -0.39 is 10.0 Å². The van der Waals surface area contributed by atoms with Gasteiger partial charge in [0.15, 0.2) is 0 Å². The summed E-state index contributed by atoms with van der Waals surface area (Å²) in [5.74, 6) is 0.739. The van der Waals surface area contributed by atoms with Gasteiger partial charge >= 0.3 is 0 Å². The Bertz CT molecular complexity index is 469. The van der Waals surface area contributed by atoms with Crippen molar-refractivity contribution in [1.82, 2.24) is 14.8 Å². The summed E-state index contributed by atoms with van der Waals surface area (Å²) in [4.78, 5) is 0. The smallest absolute Gasteiger partial charge is 0.273 e. The fourth-order valence-electron chi connectivity index (χ4n) is 1.45. The number of nitrogens with two attached hydrogens (primary N) is 1. The number of sulfonamides is 1. The molecule has 1 rings (SSSR count). The maximum absolute atomic E-state index is 11.4. The molecule has 98 valence electrons. The molecule has 0 aliphatic rings. The molecule has 0 aliphatic carbocycles. The van der Waals surface area contributed by atoms with Crippen LogP contribution >= 0.6 is 0 Å². The molecule has 2 N–H and O–H groups in total. The molecule has 1 aromatic rings. The molecule has 1 unspecified atom stereocenters. The Morgan fingerprint density at radius 1 is 1.47 bits per heavy atom. The third kappa shape index (κ3) is 3.24. The van der Waals surface area contributed by atoms with Crippen LogP contribution in [0.15, 0.2) is 5.16 Å². The summed E-state index contributed by atoms with van der Waals surface area (Å²) in [5.41, 5.74) is 0. The van der Waals surface area contributed by atoms with Gasteiger partial charge < -0.3 is 4.74 Å². The molecule has 0 saturated heterocycles. The topological polar surface area (TPSA) is 100 Å². The minimum Gasteiger partial charge on any atom is -0.383 e. The molecule has 0 fully saturated rings. The molecule has 8 heteroatoms. The summed E-state index contributed by atoms with van der Waals surface area (Å²) < 4.78 is 29.2. The molecule has 0 amide bonds. The monoisotopic (exact) mass is 262 g/mol. The normalized spacial score (nSPS) is 13.9. The second kappa shape index (κ2) is 5.56. The maximum Gasteiger partial charge on any atom is 0.273 e. The maximum atomic E-state index is 11.4. The van der Waals surface area contributed by atoms with E-state index in [0.717, 1.165) is 6.42 Å². The van der Waals surface area contributed by atoms with Gasteiger partial charge in [-0.2, -0.15) is 0 Å². The van der Waals surface area contributed by atoms with Crippen molar-refractivity contribution < 1.29 is 13.2 Å². The van der Waals surface area contributed by atoms with Crippen molar-refractivity contribution in [2.45, 2.75) is 37.9 Å². The largest absolute Gasteiger partial charge is 0.383 e. The van der Waals surface area contributed by atoms with Gasteiger partial charge in [-0.3, -0.25) is 4.57 Å². The Hall–Kier alpha value is -0.990. The lowest BCUT2D eigenvalue weighted by atomic mass is 10.1. The van der Waals surface area contributed by atoms with Crippen LogP contribution in [0.3, 0.4) is 0 Å². The van der Waals surface area contributed by atoms with Crippen LogP contribution in [0, 0.1) is 0 Å². The van der Waals surface area contributed by atoms with Crippen LogP contribution in [0.2, 0.25) is 0 Å². The van der Waals surface area contributed by atoms with E-state index in [2.05, 4.69) is 10.2 Å². The Kier molecular flexibility index (Phi) is 4.61.